The predicted octanol–water partition coefficient (Wildman–Crippen LogP) is 2.41. The fourth-order valence-electron chi connectivity index (χ4n) is 3.98. The zero-order valence-electron chi connectivity index (χ0n) is 14.7. The normalized spacial score (nSPS) is 19.3. The number of carbonyl (C=O) groups is 1. The van der Waals surface area contributed by atoms with Crippen LogP contribution in [-0.2, 0) is 11.3 Å². The van der Waals surface area contributed by atoms with E-state index in [0.29, 0.717) is 34.2 Å². The molecule has 2 fully saturated rings. The third kappa shape index (κ3) is 3.62. The number of piperidine rings is 1. The van der Waals surface area contributed by atoms with E-state index in [1.807, 2.05) is 4.90 Å². The van der Waals surface area contributed by atoms with E-state index in [-0.39, 0.29) is 11.5 Å². The molecule has 6 nitrogen and oxygen atoms in total. The minimum Gasteiger partial charge on any atom is -0.342 e. The van der Waals surface area contributed by atoms with Gasteiger partial charge >= 0.3 is 0 Å². The van der Waals surface area contributed by atoms with Crippen LogP contribution < -0.4 is 5.56 Å². The Labute approximate surface area is 157 Å². The molecule has 1 amide bonds. The molecule has 7 heteroatoms. The lowest BCUT2D eigenvalue weighted by Gasteiger charge is -2.32. The molecule has 2 aliphatic rings. The number of aromatic nitrogens is 2. The highest BCUT2D eigenvalue weighted by molar-refractivity contribution is 6.31. The van der Waals surface area contributed by atoms with E-state index in [9.17, 15) is 9.59 Å². The fraction of sp³-hybridized carbons (Fsp3) is 0.526. The summed E-state index contributed by atoms with van der Waals surface area (Å²) in [5, 5.41) is 1.04. The van der Waals surface area contributed by atoms with Crippen molar-refractivity contribution in [2.45, 2.75) is 32.2 Å². The fourth-order valence-corrected chi connectivity index (χ4v) is 4.15. The van der Waals surface area contributed by atoms with Gasteiger partial charge in [-0.2, -0.15) is 0 Å². The zero-order chi connectivity index (χ0) is 18.1. The van der Waals surface area contributed by atoms with Crippen LogP contribution in [0.25, 0.3) is 10.9 Å². The van der Waals surface area contributed by atoms with E-state index in [0.717, 1.165) is 51.9 Å². The first-order chi connectivity index (χ1) is 12.6. The maximum atomic E-state index is 12.5. The molecule has 3 heterocycles. The minimum absolute atomic E-state index is 0.148. The number of benzene rings is 1. The van der Waals surface area contributed by atoms with Crippen LogP contribution in [0.15, 0.2) is 23.0 Å². The van der Waals surface area contributed by atoms with E-state index in [2.05, 4.69) is 14.9 Å². The van der Waals surface area contributed by atoms with E-state index < -0.39 is 0 Å². The molecule has 2 aliphatic heterocycles. The number of rotatable bonds is 3. The summed E-state index contributed by atoms with van der Waals surface area (Å²) < 4.78 is 0. The van der Waals surface area contributed by atoms with E-state index >= 15 is 0 Å². The van der Waals surface area contributed by atoms with Crippen LogP contribution in [0, 0.1) is 5.92 Å². The lowest BCUT2D eigenvalue weighted by atomic mass is 9.95. The van der Waals surface area contributed by atoms with Crippen molar-refractivity contribution >= 4 is 28.4 Å². The van der Waals surface area contributed by atoms with Crippen LogP contribution in [0.5, 0.6) is 0 Å². The Kier molecular flexibility index (Phi) is 4.96. The van der Waals surface area contributed by atoms with Gasteiger partial charge in [0.1, 0.15) is 5.82 Å². The number of H-pyrrole nitrogens is 1. The first kappa shape index (κ1) is 17.5. The summed E-state index contributed by atoms with van der Waals surface area (Å²) in [6, 6.07) is 5.16. The molecule has 0 bridgehead atoms. The molecule has 1 aromatic carbocycles. The van der Waals surface area contributed by atoms with Gasteiger partial charge in [0.2, 0.25) is 5.91 Å². The molecule has 0 aliphatic carbocycles. The SMILES string of the molecule is O=C(C1CCN(Cc2nc3ccc(Cl)cc3c(=O)[nH]2)CC1)N1CCCC1. The number of hydrogen-bond acceptors (Lipinski definition) is 4. The van der Waals surface area contributed by atoms with Gasteiger partial charge < -0.3 is 9.88 Å². The second-order valence-electron chi connectivity index (χ2n) is 7.26. The molecule has 2 saturated heterocycles. The molecule has 1 aromatic heterocycles. The first-order valence-electron chi connectivity index (χ1n) is 9.30. The number of nitrogens with one attached hydrogen (secondary N) is 1. The van der Waals surface area contributed by atoms with Gasteiger partial charge in [-0.15, -0.1) is 0 Å². The second kappa shape index (κ2) is 7.37. The van der Waals surface area contributed by atoms with E-state index in [1.165, 1.54) is 0 Å². The Morgan fingerprint density at radius 1 is 1.19 bits per heavy atom. The lowest BCUT2D eigenvalue weighted by Crippen LogP contribution is -2.41. The number of fused-ring (bicyclic) bond motifs is 1. The Balaban J connectivity index is 1.40. The summed E-state index contributed by atoms with van der Waals surface area (Å²) in [7, 11) is 0. The third-order valence-electron chi connectivity index (χ3n) is 5.44. The largest absolute Gasteiger partial charge is 0.342 e. The average molecular weight is 375 g/mol. The van der Waals surface area contributed by atoms with Crippen molar-refractivity contribution in [3.05, 3.63) is 39.4 Å². The van der Waals surface area contributed by atoms with Crippen molar-refractivity contribution in [1.82, 2.24) is 19.8 Å². The average Bonchev–Trinajstić information content (AvgIpc) is 3.17. The van der Waals surface area contributed by atoms with Crippen LogP contribution in [-0.4, -0.2) is 51.9 Å². The molecular formula is C19H23ClN4O2. The number of hydrogen-bond donors (Lipinski definition) is 1. The molecule has 1 N–H and O–H groups in total. The Bertz CT molecular complexity index is 867. The van der Waals surface area contributed by atoms with Gasteiger partial charge in [-0.25, -0.2) is 4.98 Å². The molecule has 4 rings (SSSR count). The molecule has 26 heavy (non-hydrogen) atoms. The third-order valence-corrected chi connectivity index (χ3v) is 5.68. The van der Waals surface area contributed by atoms with Gasteiger partial charge in [0, 0.05) is 24.0 Å². The number of nitrogens with zero attached hydrogens (tertiary/aromatic N) is 3. The number of halogens is 1. The summed E-state index contributed by atoms with van der Waals surface area (Å²) in [5.41, 5.74) is 0.499. The number of aromatic amines is 1. The number of likely N-dealkylation sites (tertiary alicyclic amines) is 2. The summed E-state index contributed by atoms with van der Waals surface area (Å²) in [6.07, 6.45) is 4.03. The van der Waals surface area contributed by atoms with Crippen molar-refractivity contribution in [2.75, 3.05) is 26.2 Å². The maximum Gasteiger partial charge on any atom is 0.258 e. The van der Waals surface area contributed by atoms with Crippen LogP contribution in [0.3, 0.4) is 0 Å². The van der Waals surface area contributed by atoms with Gasteiger partial charge in [0.25, 0.3) is 5.56 Å². The van der Waals surface area contributed by atoms with Crippen molar-refractivity contribution in [2.24, 2.45) is 5.92 Å². The predicted molar refractivity (Wildman–Crippen MR) is 101 cm³/mol. The molecule has 0 saturated carbocycles. The van der Waals surface area contributed by atoms with Gasteiger partial charge in [-0.1, -0.05) is 11.6 Å². The molecule has 0 atom stereocenters. The molecule has 0 radical (unpaired) electrons. The molecule has 0 spiro atoms. The first-order valence-corrected chi connectivity index (χ1v) is 9.67. The van der Waals surface area contributed by atoms with Crippen LogP contribution >= 0.6 is 11.6 Å². The summed E-state index contributed by atoms with van der Waals surface area (Å²) in [6.45, 7) is 4.15. The summed E-state index contributed by atoms with van der Waals surface area (Å²) in [4.78, 5) is 36.5. The standard InChI is InChI=1S/C19H23ClN4O2/c20-14-3-4-16-15(11-14)18(25)22-17(21-16)12-23-9-5-13(6-10-23)19(26)24-7-1-2-8-24/h3-4,11,13H,1-2,5-10,12H2,(H,21,22,25). The van der Waals surface area contributed by atoms with Gasteiger partial charge in [-0.3, -0.25) is 14.5 Å². The monoisotopic (exact) mass is 374 g/mol. The molecule has 2 aromatic rings. The smallest absolute Gasteiger partial charge is 0.258 e. The highest BCUT2D eigenvalue weighted by atomic mass is 35.5. The number of amides is 1. The summed E-state index contributed by atoms with van der Waals surface area (Å²) in [5.74, 6) is 1.14. The van der Waals surface area contributed by atoms with Crippen LogP contribution in [0.2, 0.25) is 5.02 Å². The zero-order valence-corrected chi connectivity index (χ0v) is 15.5. The van der Waals surface area contributed by atoms with Crippen LogP contribution in [0.1, 0.15) is 31.5 Å². The highest BCUT2D eigenvalue weighted by Gasteiger charge is 2.29. The van der Waals surface area contributed by atoms with E-state index in [4.69, 9.17) is 11.6 Å². The summed E-state index contributed by atoms with van der Waals surface area (Å²) >= 11 is 5.95. The molecular weight excluding hydrogens is 352 g/mol. The van der Waals surface area contributed by atoms with Crippen molar-refractivity contribution in [3.8, 4) is 0 Å². The Morgan fingerprint density at radius 2 is 1.92 bits per heavy atom. The lowest BCUT2D eigenvalue weighted by molar-refractivity contribution is -0.136. The van der Waals surface area contributed by atoms with E-state index in [1.54, 1.807) is 18.2 Å². The quantitative estimate of drug-likeness (QED) is 0.895. The van der Waals surface area contributed by atoms with Gasteiger partial charge in [0.15, 0.2) is 0 Å². The highest BCUT2D eigenvalue weighted by Crippen LogP contribution is 2.23. The van der Waals surface area contributed by atoms with Crippen LogP contribution in [0.4, 0.5) is 0 Å². The topological polar surface area (TPSA) is 69.3 Å². The Morgan fingerprint density at radius 3 is 2.65 bits per heavy atom. The number of carbonyl (C=O) groups excluding carboxylic acids is 1. The molecule has 138 valence electrons. The second-order valence-corrected chi connectivity index (χ2v) is 7.69. The minimum atomic E-state index is -0.161. The van der Waals surface area contributed by atoms with Gasteiger partial charge in [-0.05, 0) is 57.0 Å². The van der Waals surface area contributed by atoms with Gasteiger partial charge in [0.05, 0.1) is 17.4 Å². The maximum absolute atomic E-state index is 12.5. The molecule has 0 unspecified atom stereocenters. The Hall–Kier alpha value is -1.92. The van der Waals surface area contributed by atoms with Crippen molar-refractivity contribution in [3.63, 3.8) is 0 Å². The van der Waals surface area contributed by atoms with Crippen molar-refractivity contribution in [1.29, 1.82) is 0 Å². The van der Waals surface area contributed by atoms with Crippen molar-refractivity contribution < 1.29 is 4.79 Å².